The molecular formula is C14H17BrN2S. The number of rotatable bonds is 4. The van der Waals surface area contributed by atoms with E-state index in [0.717, 1.165) is 10.3 Å². The summed E-state index contributed by atoms with van der Waals surface area (Å²) in [5, 5.41) is 5.66. The van der Waals surface area contributed by atoms with Crippen molar-refractivity contribution in [2.24, 2.45) is 5.92 Å². The first-order valence-corrected chi connectivity index (χ1v) is 7.68. The second-order valence-electron chi connectivity index (χ2n) is 4.67. The summed E-state index contributed by atoms with van der Waals surface area (Å²) in [6.07, 6.45) is 1.84. The molecule has 2 aromatic heterocycles. The van der Waals surface area contributed by atoms with Crippen molar-refractivity contribution < 1.29 is 0 Å². The van der Waals surface area contributed by atoms with E-state index in [-0.39, 0.29) is 0 Å². The fraction of sp³-hybridized carbons (Fsp3) is 0.357. The number of pyridine rings is 1. The molecule has 0 radical (unpaired) electrons. The average molecular weight is 325 g/mol. The molecule has 0 bridgehead atoms. The SMILES string of the molecule is Cc1ccnc(NC(c2cccs2)C(C)C)c1Br. The van der Waals surface area contributed by atoms with Crippen molar-refractivity contribution >= 4 is 33.1 Å². The van der Waals surface area contributed by atoms with Crippen molar-refractivity contribution in [1.82, 2.24) is 4.98 Å². The van der Waals surface area contributed by atoms with E-state index in [1.807, 2.05) is 12.3 Å². The molecule has 4 heteroatoms. The lowest BCUT2D eigenvalue weighted by Gasteiger charge is -2.22. The van der Waals surface area contributed by atoms with E-state index in [2.05, 4.69) is 64.5 Å². The largest absolute Gasteiger partial charge is 0.361 e. The van der Waals surface area contributed by atoms with Crippen LogP contribution >= 0.6 is 27.3 Å². The minimum Gasteiger partial charge on any atom is -0.361 e. The molecule has 18 heavy (non-hydrogen) atoms. The Morgan fingerprint density at radius 1 is 1.33 bits per heavy atom. The molecule has 0 aliphatic heterocycles. The monoisotopic (exact) mass is 324 g/mol. The molecule has 2 heterocycles. The van der Waals surface area contributed by atoms with Gasteiger partial charge < -0.3 is 5.32 Å². The van der Waals surface area contributed by atoms with Gasteiger partial charge in [-0.05, 0) is 51.8 Å². The fourth-order valence-electron chi connectivity index (χ4n) is 1.82. The highest BCUT2D eigenvalue weighted by Crippen LogP contribution is 2.32. The smallest absolute Gasteiger partial charge is 0.141 e. The minimum atomic E-state index is 0.301. The van der Waals surface area contributed by atoms with Crippen LogP contribution in [0.3, 0.4) is 0 Å². The van der Waals surface area contributed by atoms with Gasteiger partial charge in [-0.25, -0.2) is 4.98 Å². The van der Waals surface area contributed by atoms with Gasteiger partial charge in [0.2, 0.25) is 0 Å². The Morgan fingerprint density at radius 2 is 2.11 bits per heavy atom. The number of halogens is 1. The second-order valence-corrected chi connectivity index (χ2v) is 6.44. The summed E-state index contributed by atoms with van der Waals surface area (Å²) in [6, 6.07) is 6.57. The number of aromatic nitrogens is 1. The number of thiophene rings is 1. The van der Waals surface area contributed by atoms with Crippen molar-refractivity contribution in [3.8, 4) is 0 Å². The van der Waals surface area contributed by atoms with Gasteiger partial charge in [-0.1, -0.05) is 19.9 Å². The van der Waals surface area contributed by atoms with Crippen LogP contribution in [0, 0.1) is 12.8 Å². The number of hydrogen-bond acceptors (Lipinski definition) is 3. The Labute approximate surface area is 121 Å². The van der Waals surface area contributed by atoms with Gasteiger partial charge in [-0.2, -0.15) is 0 Å². The van der Waals surface area contributed by atoms with Crippen LogP contribution in [0.2, 0.25) is 0 Å². The second kappa shape index (κ2) is 5.85. The van der Waals surface area contributed by atoms with E-state index in [0.29, 0.717) is 12.0 Å². The maximum absolute atomic E-state index is 4.42. The molecule has 2 rings (SSSR count). The molecule has 96 valence electrons. The normalized spacial score (nSPS) is 12.7. The molecule has 2 nitrogen and oxygen atoms in total. The summed E-state index contributed by atoms with van der Waals surface area (Å²) >= 11 is 5.38. The van der Waals surface area contributed by atoms with Gasteiger partial charge in [-0.15, -0.1) is 11.3 Å². The van der Waals surface area contributed by atoms with E-state index < -0.39 is 0 Å². The van der Waals surface area contributed by atoms with Crippen LogP contribution < -0.4 is 5.32 Å². The maximum Gasteiger partial charge on any atom is 0.141 e. The number of nitrogens with one attached hydrogen (secondary N) is 1. The molecule has 0 aliphatic carbocycles. The van der Waals surface area contributed by atoms with Gasteiger partial charge in [0.1, 0.15) is 5.82 Å². The molecule has 0 saturated heterocycles. The molecule has 0 fully saturated rings. The molecular weight excluding hydrogens is 308 g/mol. The first-order valence-electron chi connectivity index (χ1n) is 6.00. The number of anilines is 1. The number of nitrogens with zero attached hydrogens (tertiary/aromatic N) is 1. The Balaban J connectivity index is 2.27. The van der Waals surface area contributed by atoms with Crippen molar-refractivity contribution in [2.75, 3.05) is 5.32 Å². The lowest BCUT2D eigenvalue weighted by atomic mass is 10.0. The minimum absolute atomic E-state index is 0.301. The van der Waals surface area contributed by atoms with E-state index in [9.17, 15) is 0 Å². The molecule has 0 amide bonds. The average Bonchev–Trinajstić information content (AvgIpc) is 2.84. The molecule has 0 aromatic carbocycles. The quantitative estimate of drug-likeness (QED) is 0.853. The van der Waals surface area contributed by atoms with Crippen LogP contribution in [0.4, 0.5) is 5.82 Å². The summed E-state index contributed by atoms with van der Waals surface area (Å²) in [6.45, 7) is 6.52. The summed E-state index contributed by atoms with van der Waals surface area (Å²) in [5.41, 5.74) is 1.20. The van der Waals surface area contributed by atoms with Crippen molar-refractivity contribution in [3.63, 3.8) is 0 Å². The third-order valence-electron chi connectivity index (χ3n) is 2.89. The Morgan fingerprint density at radius 3 is 2.72 bits per heavy atom. The van der Waals surface area contributed by atoms with Gasteiger partial charge >= 0.3 is 0 Å². The molecule has 1 unspecified atom stereocenters. The Kier molecular flexibility index (Phi) is 4.40. The van der Waals surface area contributed by atoms with Crippen molar-refractivity contribution in [2.45, 2.75) is 26.8 Å². The molecule has 0 saturated carbocycles. The van der Waals surface area contributed by atoms with E-state index in [1.165, 1.54) is 10.4 Å². The van der Waals surface area contributed by atoms with Crippen LogP contribution in [0.1, 0.15) is 30.3 Å². The van der Waals surface area contributed by atoms with Crippen molar-refractivity contribution in [1.29, 1.82) is 0 Å². The molecule has 2 aromatic rings. The standard InChI is InChI=1S/C14H17BrN2S/c1-9(2)13(11-5-4-8-18-11)17-14-12(15)10(3)6-7-16-14/h4-9,13H,1-3H3,(H,16,17). The highest BCUT2D eigenvalue weighted by Gasteiger charge is 2.18. The Hall–Kier alpha value is -0.870. The number of aryl methyl sites for hydroxylation is 1. The van der Waals surface area contributed by atoms with Crippen LogP contribution in [0.5, 0.6) is 0 Å². The third-order valence-corrected chi connectivity index (χ3v) is 4.85. The van der Waals surface area contributed by atoms with Crippen LogP contribution in [0.25, 0.3) is 0 Å². The summed E-state index contributed by atoms with van der Waals surface area (Å²) < 4.78 is 1.05. The first-order chi connectivity index (χ1) is 8.59. The summed E-state index contributed by atoms with van der Waals surface area (Å²) in [5.74, 6) is 1.43. The van der Waals surface area contributed by atoms with Gasteiger partial charge in [0, 0.05) is 11.1 Å². The lowest BCUT2D eigenvalue weighted by molar-refractivity contribution is 0.552. The zero-order valence-corrected chi connectivity index (χ0v) is 13.2. The Bertz CT molecular complexity index is 509. The zero-order valence-electron chi connectivity index (χ0n) is 10.8. The fourth-order valence-corrected chi connectivity index (χ4v) is 3.12. The number of hydrogen-bond donors (Lipinski definition) is 1. The highest BCUT2D eigenvalue weighted by molar-refractivity contribution is 9.10. The van der Waals surface area contributed by atoms with E-state index >= 15 is 0 Å². The van der Waals surface area contributed by atoms with Gasteiger partial charge in [-0.3, -0.25) is 0 Å². The third kappa shape index (κ3) is 2.93. The topological polar surface area (TPSA) is 24.9 Å². The first kappa shape index (κ1) is 13.6. The lowest BCUT2D eigenvalue weighted by Crippen LogP contribution is -2.16. The molecule has 0 spiro atoms. The summed E-state index contributed by atoms with van der Waals surface area (Å²) in [4.78, 5) is 5.77. The highest BCUT2D eigenvalue weighted by atomic mass is 79.9. The molecule has 1 N–H and O–H groups in total. The van der Waals surface area contributed by atoms with Crippen LogP contribution in [-0.4, -0.2) is 4.98 Å². The van der Waals surface area contributed by atoms with Gasteiger partial charge in [0.25, 0.3) is 0 Å². The maximum atomic E-state index is 4.42. The van der Waals surface area contributed by atoms with E-state index in [1.54, 1.807) is 11.3 Å². The predicted molar refractivity (Wildman–Crippen MR) is 82.2 cm³/mol. The van der Waals surface area contributed by atoms with Crippen LogP contribution in [-0.2, 0) is 0 Å². The van der Waals surface area contributed by atoms with Crippen molar-refractivity contribution in [3.05, 3.63) is 44.7 Å². The van der Waals surface area contributed by atoms with Gasteiger partial charge in [0.05, 0.1) is 10.5 Å². The van der Waals surface area contributed by atoms with E-state index in [4.69, 9.17) is 0 Å². The zero-order chi connectivity index (χ0) is 13.1. The van der Waals surface area contributed by atoms with Gasteiger partial charge in [0.15, 0.2) is 0 Å². The summed E-state index contributed by atoms with van der Waals surface area (Å²) in [7, 11) is 0. The van der Waals surface area contributed by atoms with Crippen LogP contribution in [0.15, 0.2) is 34.2 Å². The molecule has 0 aliphatic rings. The molecule has 1 atom stereocenters. The predicted octanol–water partition coefficient (Wildman–Crippen LogP) is 5.02.